The van der Waals surface area contributed by atoms with Crippen LogP contribution in [0.5, 0.6) is 0 Å². The molecule has 0 saturated carbocycles. The van der Waals surface area contributed by atoms with Crippen LogP contribution in [0.4, 0.5) is 5.69 Å². The number of amides is 1. The van der Waals surface area contributed by atoms with E-state index in [2.05, 4.69) is 21.4 Å². The monoisotopic (exact) mass is 304 g/mol. The molecule has 2 aromatic carbocycles. The molecule has 0 aliphatic carbocycles. The lowest BCUT2D eigenvalue weighted by atomic mass is 10.1. The summed E-state index contributed by atoms with van der Waals surface area (Å²) in [6.07, 6.45) is 5.09. The molecule has 0 unspecified atom stereocenters. The van der Waals surface area contributed by atoms with Gasteiger partial charge in [-0.1, -0.05) is 24.3 Å². The minimum Gasteiger partial charge on any atom is -0.381 e. The molecule has 5 nitrogen and oxygen atoms in total. The van der Waals surface area contributed by atoms with E-state index in [0.717, 1.165) is 22.4 Å². The average molecular weight is 304 g/mol. The van der Waals surface area contributed by atoms with Gasteiger partial charge in [0.25, 0.3) is 0 Å². The molecule has 0 aliphatic rings. The SMILES string of the molecule is NC(=O)c1ccc(CNc2cccc(-c3cncnc3)c2)cc1. The molecule has 3 N–H and O–H groups in total. The Balaban J connectivity index is 1.70. The molecule has 1 amide bonds. The lowest BCUT2D eigenvalue weighted by Gasteiger charge is -2.09. The van der Waals surface area contributed by atoms with Gasteiger partial charge in [0.05, 0.1) is 0 Å². The van der Waals surface area contributed by atoms with Crippen LogP contribution >= 0.6 is 0 Å². The first kappa shape index (κ1) is 14.7. The van der Waals surface area contributed by atoms with Crippen LogP contribution in [0.15, 0.2) is 67.3 Å². The number of carbonyl (C=O) groups is 1. The third-order valence-corrected chi connectivity index (χ3v) is 3.49. The van der Waals surface area contributed by atoms with Crippen molar-refractivity contribution in [1.29, 1.82) is 0 Å². The van der Waals surface area contributed by atoms with Crippen LogP contribution in [0.3, 0.4) is 0 Å². The quantitative estimate of drug-likeness (QED) is 0.759. The Bertz CT molecular complexity index is 801. The van der Waals surface area contributed by atoms with Gasteiger partial charge >= 0.3 is 0 Å². The topological polar surface area (TPSA) is 80.9 Å². The molecule has 3 rings (SSSR count). The van der Waals surface area contributed by atoms with Crippen molar-refractivity contribution >= 4 is 11.6 Å². The maximum Gasteiger partial charge on any atom is 0.248 e. The first-order valence-corrected chi connectivity index (χ1v) is 7.20. The van der Waals surface area contributed by atoms with E-state index >= 15 is 0 Å². The van der Waals surface area contributed by atoms with Crippen molar-refractivity contribution in [2.75, 3.05) is 5.32 Å². The molecule has 0 bridgehead atoms. The molecule has 0 aliphatic heterocycles. The fourth-order valence-electron chi connectivity index (χ4n) is 2.25. The summed E-state index contributed by atoms with van der Waals surface area (Å²) in [4.78, 5) is 19.1. The lowest BCUT2D eigenvalue weighted by molar-refractivity contribution is 0.100. The van der Waals surface area contributed by atoms with E-state index in [0.29, 0.717) is 12.1 Å². The highest BCUT2D eigenvalue weighted by atomic mass is 16.1. The second-order valence-corrected chi connectivity index (χ2v) is 5.12. The molecule has 0 atom stereocenters. The van der Waals surface area contributed by atoms with Crippen molar-refractivity contribution < 1.29 is 4.79 Å². The van der Waals surface area contributed by atoms with E-state index in [4.69, 9.17) is 5.73 Å². The molecule has 3 aromatic rings. The smallest absolute Gasteiger partial charge is 0.248 e. The third-order valence-electron chi connectivity index (χ3n) is 3.49. The molecule has 1 heterocycles. The summed E-state index contributed by atoms with van der Waals surface area (Å²) >= 11 is 0. The van der Waals surface area contributed by atoms with Crippen molar-refractivity contribution in [2.24, 2.45) is 5.73 Å². The molecule has 0 saturated heterocycles. The van der Waals surface area contributed by atoms with Crippen LogP contribution in [-0.4, -0.2) is 15.9 Å². The number of rotatable bonds is 5. The predicted octanol–water partition coefficient (Wildman–Crippen LogP) is 2.85. The number of nitrogens with one attached hydrogen (secondary N) is 1. The molecule has 0 fully saturated rings. The largest absolute Gasteiger partial charge is 0.381 e. The molecule has 5 heteroatoms. The van der Waals surface area contributed by atoms with Gasteiger partial charge in [0, 0.05) is 35.8 Å². The van der Waals surface area contributed by atoms with Crippen LogP contribution in [0.2, 0.25) is 0 Å². The highest BCUT2D eigenvalue weighted by Gasteiger charge is 2.02. The number of nitrogens with two attached hydrogens (primary N) is 1. The average Bonchev–Trinajstić information content (AvgIpc) is 2.61. The van der Waals surface area contributed by atoms with Crippen LogP contribution in [0.1, 0.15) is 15.9 Å². The zero-order valence-corrected chi connectivity index (χ0v) is 12.4. The molecule has 0 radical (unpaired) electrons. The van der Waals surface area contributed by atoms with E-state index in [-0.39, 0.29) is 0 Å². The zero-order chi connectivity index (χ0) is 16.1. The Morgan fingerprint density at radius 2 is 1.74 bits per heavy atom. The van der Waals surface area contributed by atoms with Crippen molar-refractivity contribution in [3.63, 3.8) is 0 Å². The Morgan fingerprint density at radius 1 is 1.00 bits per heavy atom. The molecular weight excluding hydrogens is 288 g/mol. The Labute approximate surface area is 134 Å². The van der Waals surface area contributed by atoms with Crippen LogP contribution in [-0.2, 0) is 6.54 Å². The number of benzene rings is 2. The van der Waals surface area contributed by atoms with E-state index < -0.39 is 5.91 Å². The van der Waals surface area contributed by atoms with Crippen molar-refractivity contribution in [1.82, 2.24) is 9.97 Å². The van der Waals surface area contributed by atoms with Gasteiger partial charge in [-0.05, 0) is 35.4 Å². The summed E-state index contributed by atoms with van der Waals surface area (Å²) in [5.41, 5.74) is 9.86. The molecule has 0 spiro atoms. The van der Waals surface area contributed by atoms with Gasteiger partial charge < -0.3 is 11.1 Å². The minimum atomic E-state index is -0.415. The molecule has 1 aromatic heterocycles. The van der Waals surface area contributed by atoms with Gasteiger partial charge in [-0.25, -0.2) is 9.97 Å². The minimum absolute atomic E-state index is 0.415. The van der Waals surface area contributed by atoms with Crippen LogP contribution in [0.25, 0.3) is 11.1 Å². The van der Waals surface area contributed by atoms with Crippen molar-refractivity contribution in [3.05, 3.63) is 78.4 Å². The number of carbonyl (C=O) groups excluding carboxylic acids is 1. The number of hydrogen-bond acceptors (Lipinski definition) is 4. The second-order valence-electron chi connectivity index (χ2n) is 5.12. The van der Waals surface area contributed by atoms with Gasteiger partial charge in [0.2, 0.25) is 5.91 Å². The van der Waals surface area contributed by atoms with Gasteiger partial charge in [-0.15, -0.1) is 0 Å². The van der Waals surface area contributed by atoms with E-state index in [1.807, 2.05) is 30.3 Å². The summed E-state index contributed by atoms with van der Waals surface area (Å²) in [6, 6.07) is 15.3. The van der Waals surface area contributed by atoms with Crippen LogP contribution in [0, 0.1) is 0 Å². The summed E-state index contributed by atoms with van der Waals surface area (Å²) in [6.45, 7) is 0.661. The van der Waals surface area contributed by atoms with Crippen molar-refractivity contribution in [3.8, 4) is 11.1 Å². The number of aromatic nitrogens is 2. The normalized spacial score (nSPS) is 10.3. The maximum atomic E-state index is 11.1. The molecular formula is C18H16N4O. The molecule has 114 valence electrons. The maximum absolute atomic E-state index is 11.1. The third kappa shape index (κ3) is 3.71. The van der Waals surface area contributed by atoms with E-state index in [1.165, 1.54) is 6.33 Å². The van der Waals surface area contributed by atoms with Crippen LogP contribution < -0.4 is 11.1 Å². The van der Waals surface area contributed by atoms with E-state index in [1.54, 1.807) is 24.5 Å². The number of nitrogens with zero attached hydrogens (tertiary/aromatic N) is 2. The lowest BCUT2D eigenvalue weighted by Crippen LogP contribution is -2.10. The van der Waals surface area contributed by atoms with Gasteiger partial charge in [0.15, 0.2) is 0 Å². The first-order valence-electron chi connectivity index (χ1n) is 7.20. The molecule has 23 heavy (non-hydrogen) atoms. The highest BCUT2D eigenvalue weighted by molar-refractivity contribution is 5.92. The fourth-order valence-corrected chi connectivity index (χ4v) is 2.25. The Hall–Kier alpha value is -3.21. The zero-order valence-electron chi connectivity index (χ0n) is 12.4. The number of hydrogen-bond donors (Lipinski definition) is 2. The fraction of sp³-hybridized carbons (Fsp3) is 0.0556. The second kappa shape index (κ2) is 6.70. The van der Waals surface area contributed by atoms with E-state index in [9.17, 15) is 4.79 Å². The number of anilines is 1. The standard InChI is InChI=1S/C18H16N4O/c19-18(23)14-6-4-13(5-7-14)9-22-17-3-1-2-15(8-17)16-10-20-12-21-11-16/h1-8,10-12,22H,9H2,(H2,19,23). The summed E-state index contributed by atoms with van der Waals surface area (Å²) in [5, 5.41) is 3.36. The Morgan fingerprint density at radius 3 is 2.43 bits per heavy atom. The summed E-state index contributed by atoms with van der Waals surface area (Å²) in [5.74, 6) is -0.415. The van der Waals surface area contributed by atoms with Gasteiger partial charge in [0.1, 0.15) is 6.33 Å². The Kier molecular flexibility index (Phi) is 4.29. The summed E-state index contributed by atoms with van der Waals surface area (Å²) < 4.78 is 0. The van der Waals surface area contributed by atoms with Crippen molar-refractivity contribution in [2.45, 2.75) is 6.54 Å². The predicted molar refractivity (Wildman–Crippen MR) is 89.8 cm³/mol. The highest BCUT2D eigenvalue weighted by Crippen LogP contribution is 2.21. The number of primary amides is 1. The summed E-state index contributed by atoms with van der Waals surface area (Å²) in [7, 11) is 0. The first-order chi connectivity index (χ1) is 11.2. The van der Waals surface area contributed by atoms with Gasteiger partial charge in [-0.2, -0.15) is 0 Å². The van der Waals surface area contributed by atoms with Gasteiger partial charge in [-0.3, -0.25) is 4.79 Å².